The van der Waals surface area contributed by atoms with Crippen molar-refractivity contribution in [2.45, 2.75) is 320 Å². The standard InChI is InChI=1S/C62H113NO10/c1-4-7-10-13-16-19-22-24-25-26-27-28-29-30-32-34-37-40-43-46-49-55(66)61(70)63-53(54(65)48-45-42-39-36-33-21-18-15-12-9-6-3)52-71-62-60(59(69)58(68)56(51-64)72-62)73-57(67)50-47-44-41-38-35-31-23-20-17-14-11-8-5-2/h8,11,14,17,20,23,45,48,53-56,58-60,62,64-66,68-69H,4-7,9-10,12-13,15-16,18-19,21-22,24-44,46-47,49-52H2,1-3H3,(H,63,70)/b11-8+,17-14+,23-20-,48-45+. The monoisotopic (exact) mass is 1030 g/mol. The molecule has 1 rings (SSSR count). The topological polar surface area (TPSA) is 175 Å². The van der Waals surface area contributed by atoms with Crippen LogP contribution in [0.2, 0.25) is 0 Å². The Kier molecular flexibility index (Phi) is 47.4. The van der Waals surface area contributed by atoms with E-state index in [0.717, 1.165) is 77.0 Å². The van der Waals surface area contributed by atoms with Crippen molar-refractivity contribution in [1.29, 1.82) is 0 Å². The Morgan fingerprint density at radius 1 is 0.548 bits per heavy atom. The number of hydrogen-bond donors (Lipinski definition) is 6. The minimum absolute atomic E-state index is 0.101. The molecule has 11 nitrogen and oxygen atoms in total. The zero-order valence-corrected chi connectivity index (χ0v) is 47.0. The third kappa shape index (κ3) is 38.8. The van der Waals surface area contributed by atoms with E-state index in [1.54, 1.807) is 6.08 Å². The third-order valence-electron chi connectivity index (χ3n) is 14.3. The lowest BCUT2D eigenvalue weighted by atomic mass is 9.99. The first-order valence-electron chi connectivity index (χ1n) is 30.4. The van der Waals surface area contributed by atoms with Crippen LogP contribution >= 0.6 is 0 Å². The molecule has 1 aliphatic heterocycles. The minimum atomic E-state index is -1.62. The zero-order chi connectivity index (χ0) is 53.3. The van der Waals surface area contributed by atoms with Gasteiger partial charge in [-0.3, -0.25) is 9.59 Å². The number of rotatable bonds is 51. The molecule has 11 heteroatoms. The maximum Gasteiger partial charge on any atom is 0.306 e. The van der Waals surface area contributed by atoms with Gasteiger partial charge < -0.3 is 45.1 Å². The van der Waals surface area contributed by atoms with Crippen LogP contribution in [0.15, 0.2) is 48.6 Å². The molecule has 6 N–H and O–H groups in total. The van der Waals surface area contributed by atoms with E-state index in [1.807, 2.05) is 24.3 Å². The smallest absolute Gasteiger partial charge is 0.306 e. The highest BCUT2D eigenvalue weighted by Gasteiger charge is 2.47. The summed E-state index contributed by atoms with van der Waals surface area (Å²) in [5.74, 6) is -1.21. The van der Waals surface area contributed by atoms with E-state index in [1.165, 1.54) is 148 Å². The summed E-state index contributed by atoms with van der Waals surface area (Å²) in [5.41, 5.74) is 0. The number of aliphatic hydroxyl groups is 5. The number of carbonyl (C=O) groups excluding carboxylic acids is 2. The molecule has 0 spiro atoms. The summed E-state index contributed by atoms with van der Waals surface area (Å²) in [5, 5.41) is 56.9. The number of allylic oxidation sites excluding steroid dienone is 7. The SMILES string of the molecule is CC/C=C/C=C/C=C\CCCCCCCC(=O)OC1C(OCC(NC(=O)C(O)CCCCCCCCCCCCCCCCCCCCCC)C(O)/C=C/CCCCCCCCCCC)OC(CO)C(O)C1O. The lowest BCUT2D eigenvalue weighted by molar-refractivity contribution is -0.305. The fourth-order valence-electron chi connectivity index (χ4n) is 9.48. The average Bonchev–Trinajstić information content (AvgIpc) is 3.39. The summed E-state index contributed by atoms with van der Waals surface area (Å²) in [6.07, 6.45) is 50.2. The van der Waals surface area contributed by atoms with Gasteiger partial charge in [0.1, 0.15) is 24.4 Å². The summed E-state index contributed by atoms with van der Waals surface area (Å²) in [6.45, 7) is 5.65. The van der Waals surface area contributed by atoms with E-state index in [4.69, 9.17) is 14.2 Å². The van der Waals surface area contributed by atoms with E-state index in [-0.39, 0.29) is 13.0 Å². The Balaban J connectivity index is 2.65. The second-order valence-electron chi connectivity index (χ2n) is 21.1. The van der Waals surface area contributed by atoms with Crippen molar-refractivity contribution < 1.29 is 49.3 Å². The van der Waals surface area contributed by atoms with Gasteiger partial charge in [0.05, 0.1) is 25.4 Å². The van der Waals surface area contributed by atoms with Crippen molar-refractivity contribution in [3.63, 3.8) is 0 Å². The number of esters is 1. The van der Waals surface area contributed by atoms with Gasteiger partial charge in [-0.1, -0.05) is 268 Å². The van der Waals surface area contributed by atoms with E-state index in [2.05, 4.69) is 44.3 Å². The Labute approximate surface area is 446 Å². The molecule has 1 amide bonds. The molecular formula is C62H113NO10. The van der Waals surface area contributed by atoms with E-state index < -0.39 is 67.4 Å². The molecule has 1 aliphatic rings. The van der Waals surface area contributed by atoms with Crippen molar-refractivity contribution in [1.82, 2.24) is 5.32 Å². The van der Waals surface area contributed by atoms with Crippen LogP contribution in [0, 0.1) is 0 Å². The molecule has 0 saturated carbocycles. The zero-order valence-electron chi connectivity index (χ0n) is 47.0. The molecule has 1 heterocycles. The summed E-state index contributed by atoms with van der Waals surface area (Å²) < 4.78 is 17.6. The number of amides is 1. The van der Waals surface area contributed by atoms with Gasteiger partial charge in [0.25, 0.3) is 0 Å². The van der Waals surface area contributed by atoms with Crippen molar-refractivity contribution in [3.05, 3.63) is 48.6 Å². The van der Waals surface area contributed by atoms with E-state index in [0.29, 0.717) is 19.3 Å². The van der Waals surface area contributed by atoms with E-state index in [9.17, 15) is 35.1 Å². The first kappa shape index (κ1) is 68.6. The normalized spacial score (nSPS) is 19.7. The van der Waals surface area contributed by atoms with Crippen LogP contribution in [-0.2, 0) is 23.8 Å². The van der Waals surface area contributed by atoms with Crippen LogP contribution in [-0.4, -0.2) is 99.6 Å². The number of aliphatic hydroxyl groups excluding tert-OH is 5. The molecule has 0 aliphatic carbocycles. The number of unbranched alkanes of at least 4 members (excludes halogenated alkanes) is 33. The highest BCUT2D eigenvalue weighted by atomic mass is 16.7. The Morgan fingerprint density at radius 3 is 1.47 bits per heavy atom. The van der Waals surface area contributed by atoms with Crippen LogP contribution in [0.3, 0.4) is 0 Å². The highest BCUT2D eigenvalue weighted by Crippen LogP contribution is 2.26. The fourth-order valence-corrected chi connectivity index (χ4v) is 9.48. The van der Waals surface area contributed by atoms with Gasteiger partial charge in [0.2, 0.25) is 5.91 Å². The molecule has 8 unspecified atom stereocenters. The molecule has 426 valence electrons. The van der Waals surface area contributed by atoms with Gasteiger partial charge in [-0.25, -0.2) is 0 Å². The number of hydrogen-bond acceptors (Lipinski definition) is 10. The van der Waals surface area contributed by atoms with Crippen molar-refractivity contribution in [3.8, 4) is 0 Å². The lowest BCUT2D eigenvalue weighted by Crippen LogP contribution is -2.61. The molecule has 0 aromatic carbocycles. The average molecular weight is 1030 g/mol. The minimum Gasteiger partial charge on any atom is -0.454 e. The number of ether oxygens (including phenoxy) is 3. The molecule has 73 heavy (non-hydrogen) atoms. The Morgan fingerprint density at radius 2 is 0.986 bits per heavy atom. The number of carbonyl (C=O) groups is 2. The van der Waals surface area contributed by atoms with Gasteiger partial charge in [0.15, 0.2) is 12.4 Å². The first-order valence-corrected chi connectivity index (χ1v) is 30.4. The number of nitrogens with one attached hydrogen (secondary N) is 1. The maximum absolute atomic E-state index is 13.4. The Hall–Kier alpha value is -2.38. The van der Waals surface area contributed by atoms with Crippen molar-refractivity contribution >= 4 is 11.9 Å². The van der Waals surface area contributed by atoms with Crippen molar-refractivity contribution in [2.24, 2.45) is 0 Å². The molecule has 0 aromatic heterocycles. The lowest BCUT2D eigenvalue weighted by Gasteiger charge is -2.41. The molecule has 0 aromatic rings. The molecule has 1 saturated heterocycles. The largest absolute Gasteiger partial charge is 0.454 e. The summed E-state index contributed by atoms with van der Waals surface area (Å²) in [6, 6.07) is -1.03. The second kappa shape index (κ2) is 50.4. The molecular weight excluding hydrogens is 919 g/mol. The van der Waals surface area contributed by atoms with Crippen LogP contribution in [0.5, 0.6) is 0 Å². The Bertz CT molecular complexity index is 1370. The predicted molar refractivity (Wildman–Crippen MR) is 301 cm³/mol. The van der Waals surface area contributed by atoms with Crippen LogP contribution in [0.1, 0.15) is 271 Å². The molecule has 0 bridgehead atoms. The molecule has 1 fully saturated rings. The second-order valence-corrected chi connectivity index (χ2v) is 21.1. The van der Waals surface area contributed by atoms with Crippen LogP contribution in [0.4, 0.5) is 0 Å². The maximum atomic E-state index is 13.4. The summed E-state index contributed by atoms with van der Waals surface area (Å²) in [4.78, 5) is 26.5. The van der Waals surface area contributed by atoms with Gasteiger partial charge in [-0.2, -0.15) is 0 Å². The quantitative estimate of drug-likeness (QED) is 0.0149. The van der Waals surface area contributed by atoms with Gasteiger partial charge in [-0.15, -0.1) is 0 Å². The van der Waals surface area contributed by atoms with E-state index >= 15 is 0 Å². The fraction of sp³-hybridized carbons (Fsp3) is 0.839. The first-order chi connectivity index (χ1) is 35.7. The van der Waals surface area contributed by atoms with Crippen LogP contribution in [0.25, 0.3) is 0 Å². The van der Waals surface area contributed by atoms with Crippen molar-refractivity contribution in [2.75, 3.05) is 13.2 Å². The highest BCUT2D eigenvalue weighted by molar-refractivity contribution is 5.80. The predicted octanol–water partition coefficient (Wildman–Crippen LogP) is 14.1. The van der Waals surface area contributed by atoms with Crippen LogP contribution < -0.4 is 5.32 Å². The summed E-state index contributed by atoms with van der Waals surface area (Å²) in [7, 11) is 0. The van der Waals surface area contributed by atoms with Gasteiger partial charge >= 0.3 is 5.97 Å². The van der Waals surface area contributed by atoms with Gasteiger partial charge in [0, 0.05) is 6.42 Å². The van der Waals surface area contributed by atoms with Gasteiger partial charge in [-0.05, 0) is 44.9 Å². The molecule has 0 radical (unpaired) electrons. The molecule has 8 atom stereocenters. The summed E-state index contributed by atoms with van der Waals surface area (Å²) >= 11 is 0. The third-order valence-corrected chi connectivity index (χ3v) is 14.3.